The number of unbranched alkanes of at least 4 members (excludes halogenated alkanes) is 3. The molecule has 3 heteroatoms. The van der Waals surface area contributed by atoms with E-state index in [2.05, 4.69) is 6.92 Å². The van der Waals surface area contributed by atoms with Crippen LogP contribution >= 0.6 is 17.0 Å². The molecule has 0 bridgehead atoms. The van der Waals surface area contributed by atoms with Crippen LogP contribution in [-0.4, -0.2) is 37.8 Å². The fourth-order valence-corrected chi connectivity index (χ4v) is 0.539. The molecule has 0 aliphatic rings. The molecule has 0 atom stereocenters. The highest BCUT2D eigenvalue weighted by Crippen LogP contribution is 1.95. The maximum Gasteiger partial charge on any atom is 0.0431 e. The molecular weight excluding hydrogens is 218 g/mol. The van der Waals surface area contributed by atoms with Crippen LogP contribution in [0.5, 0.6) is 0 Å². The Labute approximate surface area is 87.7 Å². The van der Waals surface area contributed by atoms with Crippen molar-refractivity contribution in [3.05, 3.63) is 0 Å². The molecule has 0 saturated heterocycles. The van der Waals surface area contributed by atoms with Crippen molar-refractivity contribution in [1.82, 2.24) is 4.90 Å². The zero-order chi connectivity index (χ0) is 9.11. The number of aliphatic hydroxyl groups excluding tert-OH is 1. The second-order valence-corrected chi connectivity index (χ2v) is 3.13. The quantitative estimate of drug-likeness (QED) is 0.765. The van der Waals surface area contributed by atoms with Gasteiger partial charge in [0.25, 0.3) is 0 Å². The topological polar surface area (TPSA) is 23.5 Å². The molecule has 0 amide bonds. The molecule has 0 heterocycles. The molecule has 0 aliphatic heterocycles. The van der Waals surface area contributed by atoms with E-state index in [1.807, 2.05) is 26.0 Å². The zero-order valence-electron chi connectivity index (χ0n) is 8.84. The molecular formula is C9H24BrNO. The highest BCUT2D eigenvalue weighted by atomic mass is 79.9. The lowest BCUT2D eigenvalue weighted by atomic mass is 10.2. The Kier molecular flexibility index (Phi) is 26.6. The molecule has 0 unspecified atom stereocenters. The monoisotopic (exact) mass is 241 g/mol. The van der Waals surface area contributed by atoms with Gasteiger partial charge in [0, 0.05) is 6.61 Å². The van der Waals surface area contributed by atoms with E-state index in [1.165, 1.54) is 19.3 Å². The highest BCUT2D eigenvalue weighted by Gasteiger charge is 1.80. The summed E-state index contributed by atoms with van der Waals surface area (Å²) in [4.78, 5) is 2.00. The number of hydrogen-bond donors (Lipinski definition) is 1. The normalized spacial score (nSPS) is 8.50. The Bertz CT molecular complexity index is 53.7. The van der Waals surface area contributed by atoms with Crippen molar-refractivity contribution in [2.24, 2.45) is 0 Å². The predicted molar refractivity (Wildman–Crippen MR) is 61.2 cm³/mol. The molecule has 78 valence electrons. The van der Waals surface area contributed by atoms with Crippen molar-refractivity contribution < 1.29 is 5.11 Å². The minimum Gasteiger partial charge on any atom is -0.396 e. The average Bonchev–Trinajstić information content (AvgIpc) is 1.88. The first-order valence-electron chi connectivity index (χ1n) is 4.36. The van der Waals surface area contributed by atoms with Gasteiger partial charge in [-0.1, -0.05) is 26.2 Å². The number of aliphatic hydroxyl groups is 1. The van der Waals surface area contributed by atoms with E-state index in [1.54, 1.807) is 0 Å². The van der Waals surface area contributed by atoms with Crippen LogP contribution in [-0.2, 0) is 0 Å². The van der Waals surface area contributed by atoms with Gasteiger partial charge in [-0.2, -0.15) is 0 Å². The predicted octanol–water partition coefficient (Wildman–Crippen LogP) is 2.31. The lowest BCUT2D eigenvalue weighted by Crippen LogP contribution is -1.99. The van der Waals surface area contributed by atoms with Crippen LogP contribution in [0.3, 0.4) is 0 Å². The van der Waals surface area contributed by atoms with Crippen molar-refractivity contribution in [2.45, 2.75) is 32.6 Å². The lowest BCUT2D eigenvalue weighted by molar-refractivity contribution is 0.283. The minimum atomic E-state index is 0. The largest absolute Gasteiger partial charge is 0.396 e. The summed E-state index contributed by atoms with van der Waals surface area (Å²) in [6.07, 6.45) is 4.68. The van der Waals surface area contributed by atoms with Gasteiger partial charge >= 0.3 is 0 Å². The van der Waals surface area contributed by atoms with Crippen LogP contribution in [0.15, 0.2) is 0 Å². The Morgan fingerprint density at radius 2 is 1.42 bits per heavy atom. The Balaban J connectivity index is -0.000000142. The molecule has 2 nitrogen and oxygen atoms in total. The van der Waals surface area contributed by atoms with Gasteiger partial charge < -0.3 is 10.0 Å². The maximum absolute atomic E-state index is 8.29. The van der Waals surface area contributed by atoms with Gasteiger partial charge in [-0.15, -0.1) is 17.0 Å². The Morgan fingerprint density at radius 3 is 1.67 bits per heavy atom. The highest BCUT2D eigenvalue weighted by molar-refractivity contribution is 8.93. The van der Waals surface area contributed by atoms with Crippen molar-refractivity contribution in [3.63, 3.8) is 0 Å². The molecule has 12 heavy (non-hydrogen) atoms. The second-order valence-electron chi connectivity index (χ2n) is 3.13. The average molecular weight is 242 g/mol. The fourth-order valence-electron chi connectivity index (χ4n) is 0.539. The number of nitrogens with zero attached hydrogens (tertiary/aromatic N) is 1. The molecule has 0 aromatic heterocycles. The molecule has 0 aliphatic carbocycles. The van der Waals surface area contributed by atoms with E-state index in [9.17, 15) is 0 Å². The zero-order valence-corrected chi connectivity index (χ0v) is 10.6. The van der Waals surface area contributed by atoms with E-state index < -0.39 is 0 Å². The summed E-state index contributed by atoms with van der Waals surface area (Å²) in [6.45, 7) is 2.53. The summed E-state index contributed by atoms with van der Waals surface area (Å²) in [7, 11) is 6.00. The third-order valence-electron chi connectivity index (χ3n) is 1.01. The first-order chi connectivity index (χ1) is 5.15. The summed E-state index contributed by atoms with van der Waals surface area (Å²) in [5.41, 5.74) is 0. The standard InChI is InChI=1S/C6H14O.C3H9N.BrH/c1-2-3-4-5-6-7;1-4(2)3;/h7H,2-6H2,1H3;1-3H3;1H. The van der Waals surface area contributed by atoms with Crippen molar-refractivity contribution in [1.29, 1.82) is 0 Å². The molecule has 0 aromatic rings. The second kappa shape index (κ2) is 17.5. The molecule has 0 fully saturated rings. The third kappa shape index (κ3) is 47.5. The van der Waals surface area contributed by atoms with Crippen LogP contribution in [0, 0.1) is 0 Å². The van der Waals surface area contributed by atoms with Gasteiger partial charge in [-0.05, 0) is 27.6 Å². The van der Waals surface area contributed by atoms with E-state index in [0.717, 1.165) is 6.42 Å². The van der Waals surface area contributed by atoms with E-state index in [-0.39, 0.29) is 17.0 Å². The number of rotatable bonds is 4. The van der Waals surface area contributed by atoms with Gasteiger partial charge in [-0.3, -0.25) is 0 Å². The Hall–Kier alpha value is 0.400. The van der Waals surface area contributed by atoms with Gasteiger partial charge in [0.2, 0.25) is 0 Å². The molecule has 0 rings (SSSR count). The lowest BCUT2D eigenvalue weighted by Gasteiger charge is -1.90. The van der Waals surface area contributed by atoms with E-state index >= 15 is 0 Å². The smallest absolute Gasteiger partial charge is 0.0431 e. The molecule has 0 spiro atoms. The SMILES string of the molecule is Br.CCCCCCO.CN(C)C. The minimum absolute atomic E-state index is 0. The molecule has 0 radical (unpaired) electrons. The first kappa shape index (κ1) is 18.2. The molecule has 0 aromatic carbocycles. The molecule has 1 N–H and O–H groups in total. The van der Waals surface area contributed by atoms with Gasteiger partial charge in [0.15, 0.2) is 0 Å². The van der Waals surface area contributed by atoms with Crippen molar-refractivity contribution in [3.8, 4) is 0 Å². The van der Waals surface area contributed by atoms with Crippen molar-refractivity contribution in [2.75, 3.05) is 27.7 Å². The van der Waals surface area contributed by atoms with Crippen molar-refractivity contribution >= 4 is 17.0 Å². The summed E-state index contributed by atoms with van der Waals surface area (Å²) in [5, 5.41) is 8.29. The van der Waals surface area contributed by atoms with Gasteiger partial charge in [-0.25, -0.2) is 0 Å². The van der Waals surface area contributed by atoms with Crippen LogP contribution in [0.4, 0.5) is 0 Å². The third-order valence-corrected chi connectivity index (χ3v) is 1.01. The van der Waals surface area contributed by atoms with Gasteiger partial charge in [0.05, 0.1) is 0 Å². The van der Waals surface area contributed by atoms with Gasteiger partial charge in [0.1, 0.15) is 0 Å². The summed E-state index contributed by atoms with van der Waals surface area (Å²) in [5.74, 6) is 0. The number of halogens is 1. The summed E-state index contributed by atoms with van der Waals surface area (Å²) < 4.78 is 0. The van der Waals surface area contributed by atoms with Crippen LogP contribution in [0.1, 0.15) is 32.6 Å². The number of hydrogen-bond acceptors (Lipinski definition) is 2. The first-order valence-corrected chi connectivity index (χ1v) is 4.36. The fraction of sp³-hybridized carbons (Fsp3) is 1.00. The summed E-state index contributed by atoms with van der Waals surface area (Å²) >= 11 is 0. The Morgan fingerprint density at radius 1 is 1.00 bits per heavy atom. The maximum atomic E-state index is 8.29. The van der Waals surface area contributed by atoms with Crippen LogP contribution in [0.25, 0.3) is 0 Å². The summed E-state index contributed by atoms with van der Waals surface area (Å²) in [6, 6.07) is 0. The van der Waals surface area contributed by atoms with Crippen LogP contribution < -0.4 is 0 Å². The van der Waals surface area contributed by atoms with E-state index in [0.29, 0.717) is 6.61 Å². The molecule has 0 saturated carbocycles. The van der Waals surface area contributed by atoms with E-state index in [4.69, 9.17) is 5.11 Å². The van der Waals surface area contributed by atoms with Crippen LogP contribution in [0.2, 0.25) is 0 Å².